The van der Waals surface area contributed by atoms with Gasteiger partial charge in [-0.15, -0.1) is 0 Å². The van der Waals surface area contributed by atoms with E-state index in [4.69, 9.17) is 4.74 Å². The van der Waals surface area contributed by atoms with E-state index in [2.05, 4.69) is 22.9 Å². The first kappa shape index (κ1) is 12.9. The van der Waals surface area contributed by atoms with E-state index in [1.807, 2.05) is 24.3 Å². The Morgan fingerprint density at radius 2 is 2.30 bits per heavy atom. The third-order valence-electron chi connectivity index (χ3n) is 3.78. The van der Waals surface area contributed by atoms with Crippen molar-refractivity contribution in [3.63, 3.8) is 0 Å². The number of pyridine rings is 1. The highest BCUT2D eigenvalue weighted by Crippen LogP contribution is 2.30. The largest absolute Gasteiger partial charge is 0.375 e. The number of ether oxygens (including phenoxy) is 1. The van der Waals surface area contributed by atoms with Crippen LogP contribution in [0.5, 0.6) is 0 Å². The summed E-state index contributed by atoms with van der Waals surface area (Å²) in [5.74, 6) is 0. The van der Waals surface area contributed by atoms with Crippen molar-refractivity contribution in [1.29, 1.82) is 5.26 Å². The fraction of sp³-hybridized carbons (Fsp3) is 0.375. The Morgan fingerprint density at radius 1 is 1.45 bits per heavy atom. The highest BCUT2D eigenvalue weighted by atomic mass is 16.5. The molecule has 4 nitrogen and oxygen atoms in total. The monoisotopic (exact) mass is 267 g/mol. The van der Waals surface area contributed by atoms with Crippen molar-refractivity contribution in [3.05, 3.63) is 36.0 Å². The summed E-state index contributed by atoms with van der Waals surface area (Å²) in [6.07, 6.45) is 2.90. The number of hydrogen-bond acceptors (Lipinski definition) is 4. The van der Waals surface area contributed by atoms with Gasteiger partial charge in [0.15, 0.2) is 0 Å². The number of fused-ring (bicyclic) bond motifs is 1. The highest BCUT2D eigenvalue weighted by Gasteiger charge is 2.23. The number of anilines is 1. The molecule has 0 amide bonds. The van der Waals surface area contributed by atoms with Crippen molar-refractivity contribution in [2.24, 2.45) is 0 Å². The van der Waals surface area contributed by atoms with E-state index in [1.165, 1.54) is 0 Å². The standard InChI is InChI=1S/C16H17N3O/c1-2-13-11-19(7-8-20-13)16-12(9-17)10-18-15-6-4-3-5-14(15)16/h3-6,10,13H,2,7-8,11H2,1H3. The Labute approximate surface area is 118 Å². The number of morpholine rings is 1. The lowest BCUT2D eigenvalue weighted by molar-refractivity contribution is 0.0385. The molecule has 1 aliphatic heterocycles. The number of aromatic nitrogens is 1. The second-order valence-electron chi connectivity index (χ2n) is 5.00. The Kier molecular flexibility index (Phi) is 3.53. The SMILES string of the molecule is CCC1CN(c2c(C#N)cnc3ccccc23)CCO1. The fourth-order valence-electron chi connectivity index (χ4n) is 2.72. The van der Waals surface area contributed by atoms with Crippen LogP contribution in [0.3, 0.4) is 0 Å². The van der Waals surface area contributed by atoms with Gasteiger partial charge < -0.3 is 9.64 Å². The molecule has 0 bridgehead atoms. The first-order valence-corrected chi connectivity index (χ1v) is 6.98. The van der Waals surface area contributed by atoms with Crippen molar-refractivity contribution in [1.82, 2.24) is 4.98 Å². The molecule has 20 heavy (non-hydrogen) atoms. The quantitative estimate of drug-likeness (QED) is 0.839. The molecule has 0 radical (unpaired) electrons. The van der Waals surface area contributed by atoms with Crippen LogP contribution in [0.25, 0.3) is 10.9 Å². The van der Waals surface area contributed by atoms with Crippen LogP contribution in [0, 0.1) is 11.3 Å². The molecule has 3 rings (SSSR count). The normalized spacial score (nSPS) is 19.0. The second kappa shape index (κ2) is 5.48. The van der Waals surface area contributed by atoms with Gasteiger partial charge in [0, 0.05) is 24.7 Å². The summed E-state index contributed by atoms with van der Waals surface area (Å²) in [6, 6.07) is 10.3. The van der Waals surface area contributed by atoms with Crippen molar-refractivity contribution >= 4 is 16.6 Å². The van der Waals surface area contributed by atoms with Crippen molar-refractivity contribution < 1.29 is 4.74 Å². The summed E-state index contributed by atoms with van der Waals surface area (Å²) in [6.45, 7) is 4.49. The van der Waals surface area contributed by atoms with Gasteiger partial charge in [-0.1, -0.05) is 25.1 Å². The van der Waals surface area contributed by atoms with Crippen LogP contribution in [0.2, 0.25) is 0 Å². The maximum Gasteiger partial charge on any atom is 0.103 e. The zero-order valence-electron chi connectivity index (χ0n) is 11.5. The van der Waals surface area contributed by atoms with Gasteiger partial charge >= 0.3 is 0 Å². The van der Waals surface area contributed by atoms with E-state index in [0.717, 1.165) is 36.1 Å². The number of rotatable bonds is 2. The molecule has 0 saturated carbocycles. The summed E-state index contributed by atoms with van der Waals surface area (Å²) in [5.41, 5.74) is 2.57. The van der Waals surface area contributed by atoms with Gasteiger partial charge in [-0.25, -0.2) is 0 Å². The van der Waals surface area contributed by atoms with Gasteiger partial charge in [-0.05, 0) is 12.5 Å². The van der Waals surface area contributed by atoms with Crippen LogP contribution >= 0.6 is 0 Å². The molecular formula is C16H17N3O. The zero-order chi connectivity index (χ0) is 13.9. The summed E-state index contributed by atoms with van der Waals surface area (Å²) in [4.78, 5) is 6.63. The maximum atomic E-state index is 9.38. The van der Waals surface area contributed by atoms with E-state index in [-0.39, 0.29) is 6.10 Å². The van der Waals surface area contributed by atoms with E-state index in [0.29, 0.717) is 12.2 Å². The molecule has 4 heteroatoms. The molecule has 1 fully saturated rings. The van der Waals surface area contributed by atoms with Crippen LogP contribution < -0.4 is 4.90 Å². The second-order valence-corrected chi connectivity index (χ2v) is 5.00. The summed E-state index contributed by atoms with van der Waals surface area (Å²) in [5, 5.41) is 10.4. The summed E-state index contributed by atoms with van der Waals surface area (Å²) in [7, 11) is 0. The van der Waals surface area contributed by atoms with Gasteiger partial charge in [0.05, 0.1) is 29.5 Å². The average Bonchev–Trinajstić information content (AvgIpc) is 2.53. The molecule has 2 heterocycles. The Morgan fingerprint density at radius 3 is 3.10 bits per heavy atom. The third kappa shape index (κ3) is 2.21. The van der Waals surface area contributed by atoms with E-state index >= 15 is 0 Å². The van der Waals surface area contributed by atoms with Crippen molar-refractivity contribution in [3.8, 4) is 6.07 Å². The van der Waals surface area contributed by atoms with E-state index in [1.54, 1.807) is 6.20 Å². The molecule has 102 valence electrons. The molecule has 1 aromatic carbocycles. The van der Waals surface area contributed by atoms with Crippen molar-refractivity contribution in [2.45, 2.75) is 19.4 Å². The number of benzene rings is 1. The lowest BCUT2D eigenvalue weighted by Gasteiger charge is -2.35. The minimum absolute atomic E-state index is 0.238. The first-order chi connectivity index (χ1) is 9.83. The van der Waals surface area contributed by atoms with Gasteiger partial charge in [0.25, 0.3) is 0 Å². The molecule has 1 atom stereocenters. The van der Waals surface area contributed by atoms with Crippen LogP contribution in [0.15, 0.2) is 30.5 Å². The van der Waals surface area contributed by atoms with Gasteiger partial charge in [0.1, 0.15) is 6.07 Å². The predicted octanol–water partition coefficient (Wildman–Crippen LogP) is 2.72. The topological polar surface area (TPSA) is 49.2 Å². The molecule has 1 aromatic heterocycles. The summed E-state index contributed by atoms with van der Waals surface area (Å²) < 4.78 is 5.72. The maximum absolute atomic E-state index is 9.38. The van der Waals surface area contributed by atoms with Crippen molar-refractivity contribution in [2.75, 3.05) is 24.6 Å². The minimum atomic E-state index is 0.238. The van der Waals surface area contributed by atoms with Crippen LogP contribution in [-0.2, 0) is 4.74 Å². The van der Waals surface area contributed by atoms with E-state index in [9.17, 15) is 5.26 Å². The smallest absolute Gasteiger partial charge is 0.103 e. The minimum Gasteiger partial charge on any atom is -0.375 e. The van der Waals surface area contributed by atoms with Gasteiger partial charge in [-0.3, -0.25) is 4.98 Å². The van der Waals surface area contributed by atoms with Gasteiger partial charge in [-0.2, -0.15) is 5.26 Å². The van der Waals surface area contributed by atoms with Crippen LogP contribution in [0.4, 0.5) is 5.69 Å². The molecule has 0 aliphatic carbocycles. The Hall–Kier alpha value is -2.12. The number of hydrogen-bond donors (Lipinski definition) is 0. The molecule has 1 unspecified atom stereocenters. The Balaban J connectivity index is 2.11. The molecular weight excluding hydrogens is 250 g/mol. The lowest BCUT2D eigenvalue weighted by atomic mass is 10.1. The predicted molar refractivity (Wildman–Crippen MR) is 78.7 cm³/mol. The third-order valence-corrected chi connectivity index (χ3v) is 3.78. The molecule has 0 N–H and O–H groups in total. The number of para-hydroxylation sites is 1. The highest BCUT2D eigenvalue weighted by molar-refractivity contribution is 5.94. The lowest BCUT2D eigenvalue weighted by Crippen LogP contribution is -2.42. The number of nitriles is 1. The zero-order valence-corrected chi connectivity index (χ0v) is 11.5. The molecule has 0 spiro atoms. The van der Waals surface area contributed by atoms with Crippen LogP contribution in [-0.4, -0.2) is 30.8 Å². The fourth-order valence-corrected chi connectivity index (χ4v) is 2.72. The molecule has 1 aliphatic rings. The first-order valence-electron chi connectivity index (χ1n) is 6.98. The summed E-state index contributed by atoms with van der Waals surface area (Å²) >= 11 is 0. The number of nitrogens with zero attached hydrogens (tertiary/aromatic N) is 3. The molecule has 2 aromatic rings. The average molecular weight is 267 g/mol. The Bertz CT molecular complexity index is 662. The van der Waals surface area contributed by atoms with Gasteiger partial charge in [0.2, 0.25) is 0 Å². The van der Waals surface area contributed by atoms with E-state index < -0.39 is 0 Å². The molecule has 1 saturated heterocycles. The van der Waals surface area contributed by atoms with Crippen LogP contribution in [0.1, 0.15) is 18.9 Å².